The predicted molar refractivity (Wildman–Crippen MR) is 50.1 cm³/mol. The molecule has 75 valence electrons. The summed E-state index contributed by atoms with van der Waals surface area (Å²) in [7, 11) is 0. The van der Waals surface area contributed by atoms with Gasteiger partial charge in [0.1, 0.15) is 0 Å². The molecule has 0 aromatic carbocycles. The van der Waals surface area contributed by atoms with Crippen LogP contribution in [0.25, 0.3) is 0 Å². The van der Waals surface area contributed by atoms with Gasteiger partial charge in [-0.1, -0.05) is 0 Å². The number of rotatable bonds is 3. The normalized spacial score (nSPS) is 19.1. The first-order chi connectivity index (χ1) is 6.27. The monoisotopic (exact) mass is 185 g/mol. The van der Waals surface area contributed by atoms with E-state index in [2.05, 4.69) is 11.8 Å². The fraction of sp³-hybridized carbons (Fsp3) is 0.778. The molecule has 1 saturated heterocycles. The van der Waals surface area contributed by atoms with Gasteiger partial charge < -0.3 is 10.0 Å². The number of amides is 1. The number of aliphatic hydroxyl groups is 1. The average molecular weight is 185 g/mol. The lowest BCUT2D eigenvalue weighted by atomic mass is 10.3. The lowest BCUT2D eigenvalue weighted by Crippen LogP contribution is -2.49. The first-order valence-corrected chi connectivity index (χ1v) is 4.68. The van der Waals surface area contributed by atoms with Gasteiger partial charge in [-0.05, 0) is 6.92 Å². The molecule has 4 nitrogen and oxygen atoms in total. The maximum Gasteiger partial charge on any atom is 0.222 e. The molecule has 1 fully saturated rings. The van der Waals surface area contributed by atoms with Crippen molar-refractivity contribution in [2.45, 2.75) is 6.42 Å². The first-order valence-electron chi connectivity index (χ1n) is 4.68. The van der Waals surface area contributed by atoms with Crippen molar-refractivity contribution in [3.05, 3.63) is 6.92 Å². The Morgan fingerprint density at radius 1 is 1.31 bits per heavy atom. The number of hydrogen-bond acceptors (Lipinski definition) is 3. The molecule has 13 heavy (non-hydrogen) atoms. The molecular weight excluding hydrogens is 168 g/mol. The van der Waals surface area contributed by atoms with Gasteiger partial charge in [0.05, 0.1) is 6.61 Å². The van der Waals surface area contributed by atoms with E-state index in [1.54, 1.807) is 0 Å². The van der Waals surface area contributed by atoms with Crippen LogP contribution in [0.5, 0.6) is 0 Å². The maximum atomic E-state index is 11.2. The van der Waals surface area contributed by atoms with Crippen molar-refractivity contribution in [1.29, 1.82) is 0 Å². The third-order valence-corrected chi connectivity index (χ3v) is 2.36. The number of β-amino-alcohol motifs (C(OH)–C–C–N with tert-alkyl or cyclic N) is 1. The van der Waals surface area contributed by atoms with Crippen molar-refractivity contribution in [3.8, 4) is 0 Å². The Bertz CT molecular complexity index is 165. The Labute approximate surface area is 79.1 Å². The van der Waals surface area contributed by atoms with E-state index in [9.17, 15) is 4.79 Å². The number of carbonyl (C=O) groups is 1. The van der Waals surface area contributed by atoms with Gasteiger partial charge in [-0.3, -0.25) is 9.69 Å². The SMILES string of the molecule is [CH2]CC(=O)N1CCN(CCO)CC1. The van der Waals surface area contributed by atoms with Gasteiger partial charge in [-0.2, -0.15) is 0 Å². The summed E-state index contributed by atoms with van der Waals surface area (Å²) in [6.45, 7) is 7.76. The third-order valence-electron chi connectivity index (χ3n) is 2.36. The van der Waals surface area contributed by atoms with Crippen LogP contribution in [-0.4, -0.2) is 60.1 Å². The highest BCUT2D eigenvalue weighted by molar-refractivity contribution is 5.76. The fourth-order valence-electron chi connectivity index (χ4n) is 1.52. The minimum absolute atomic E-state index is 0.128. The van der Waals surface area contributed by atoms with Gasteiger partial charge in [-0.25, -0.2) is 0 Å². The fourth-order valence-corrected chi connectivity index (χ4v) is 1.52. The van der Waals surface area contributed by atoms with Crippen LogP contribution in [-0.2, 0) is 4.79 Å². The van der Waals surface area contributed by atoms with Crippen molar-refractivity contribution < 1.29 is 9.90 Å². The topological polar surface area (TPSA) is 43.8 Å². The molecule has 1 rings (SSSR count). The van der Waals surface area contributed by atoms with Gasteiger partial charge in [0, 0.05) is 39.1 Å². The number of carbonyl (C=O) groups excluding carboxylic acids is 1. The van der Waals surface area contributed by atoms with Gasteiger partial charge in [0.15, 0.2) is 0 Å². The van der Waals surface area contributed by atoms with Crippen molar-refractivity contribution >= 4 is 5.91 Å². The Hall–Kier alpha value is -0.610. The van der Waals surface area contributed by atoms with Crippen LogP contribution in [0.4, 0.5) is 0 Å². The van der Waals surface area contributed by atoms with E-state index in [0.717, 1.165) is 26.2 Å². The van der Waals surface area contributed by atoms with Gasteiger partial charge >= 0.3 is 0 Å². The van der Waals surface area contributed by atoms with Crippen molar-refractivity contribution in [2.24, 2.45) is 0 Å². The predicted octanol–water partition coefficient (Wildman–Crippen LogP) is -0.653. The Morgan fingerprint density at radius 3 is 2.38 bits per heavy atom. The average Bonchev–Trinajstić information content (AvgIpc) is 2.18. The van der Waals surface area contributed by atoms with Crippen LogP contribution in [0.2, 0.25) is 0 Å². The molecule has 0 unspecified atom stereocenters. The molecule has 1 N–H and O–H groups in total. The molecule has 1 aliphatic heterocycles. The van der Waals surface area contributed by atoms with Crippen molar-refractivity contribution in [1.82, 2.24) is 9.80 Å². The van der Waals surface area contributed by atoms with E-state index in [4.69, 9.17) is 5.11 Å². The highest BCUT2D eigenvalue weighted by Crippen LogP contribution is 2.02. The standard InChI is InChI=1S/C9H17N2O2/c1-2-9(13)11-5-3-10(4-6-11)7-8-12/h12H,1-8H2. The minimum Gasteiger partial charge on any atom is -0.395 e. The van der Waals surface area contributed by atoms with Crippen LogP contribution in [0.3, 0.4) is 0 Å². The zero-order chi connectivity index (χ0) is 9.68. The second-order valence-corrected chi connectivity index (χ2v) is 3.20. The molecule has 4 heteroatoms. The molecule has 0 saturated carbocycles. The van der Waals surface area contributed by atoms with E-state index in [1.165, 1.54) is 0 Å². The molecule has 0 atom stereocenters. The second-order valence-electron chi connectivity index (χ2n) is 3.20. The third kappa shape index (κ3) is 2.97. The first kappa shape index (κ1) is 10.5. The zero-order valence-electron chi connectivity index (χ0n) is 7.91. The zero-order valence-corrected chi connectivity index (χ0v) is 7.91. The molecule has 1 heterocycles. The van der Waals surface area contributed by atoms with E-state index in [0.29, 0.717) is 13.0 Å². The highest BCUT2D eigenvalue weighted by atomic mass is 16.3. The van der Waals surface area contributed by atoms with E-state index in [1.807, 2.05) is 4.90 Å². The highest BCUT2D eigenvalue weighted by Gasteiger charge is 2.18. The molecule has 0 aromatic heterocycles. The van der Waals surface area contributed by atoms with Crippen molar-refractivity contribution in [2.75, 3.05) is 39.3 Å². The van der Waals surface area contributed by atoms with E-state index < -0.39 is 0 Å². The minimum atomic E-state index is 0.128. The van der Waals surface area contributed by atoms with E-state index >= 15 is 0 Å². The van der Waals surface area contributed by atoms with Crippen LogP contribution in [0.1, 0.15) is 6.42 Å². The Balaban J connectivity index is 2.26. The molecule has 0 bridgehead atoms. The Morgan fingerprint density at radius 2 is 1.92 bits per heavy atom. The quantitative estimate of drug-likeness (QED) is 0.635. The van der Waals surface area contributed by atoms with Crippen LogP contribution in [0.15, 0.2) is 0 Å². The summed E-state index contributed by atoms with van der Waals surface area (Å²) in [5, 5.41) is 8.71. The summed E-state index contributed by atoms with van der Waals surface area (Å²) in [5.41, 5.74) is 0. The molecule has 1 aliphatic rings. The van der Waals surface area contributed by atoms with Gasteiger partial charge in [0.25, 0.3) is 0 Å². The molecule has 0 aliphatic carbocycles. The van der Waals surface area contributed by atoms with Crippen molar-refractivity contribution in [3.63, 3.8) is 0 Å². The lowest BCUT2D eigenvalue weighted by molar-refractivity contribution is -0.132. The Kier molecular flexibility index (Phi) is 4.18. The lowest BCUT2D eigenvalue weighted by Gasteiger charge is -2.34. The van der Waals surface area contributed by atoms with E-state index in [-0.39, 0.29) is 12.5 Å². The van der Waals surface area contributed by atoms with Crippen LogP contribution < -0.4 is 0 Å². The smallest absolute Gasteiger partial charge is 0.222 e. The molecule has 0 aromatic rings. The number of aliphatic hydroxyl groups excluding tert-OH is 1. The van der Waals surface area contributed by atoms with Crippen LogP contribution in [0, 0.1) is 6.92 Å². The number of piperazine rings is 1. The summed E-state index contributed by atoms with van der Waals surface area (Å²) in [6, 6.07) is 0. The molecule has 1 radical (unpaired) electrons. The summed E-state index contributed by atoms with van der Waals surface area (Å²) < 4.78 is 0. The molecule has 1 amide bonds. The molecule has 0 spiro atoms. The molecular formula is C9H17N2O2. The number of hydrogen-bond donors (Lipinski definition) is 1. The second kappa shape index (κ2) is 5.19. The van der Waals surface area contributed by atoms with Gasteiger partial charge in [-0.15, -0.1) is 0 Å². The summed E-state index contributed by atoms with van der Waals surface area (Å²) in [5.74, 6) is 0.128. The van der Waals surface area contributed by atoms with Gasteiger partial charge in [0.2, 0.25) is 5.91 Å². The van der Waals surface area contributed by atoms with Crippen LogP contribution >= 0.6 is 0 Å². The maximum absolute atomic E-state index is 11.2. The summed E-state index contributed by atoms with van der Waals surface area (Å²) in [6.07, 6.45) is 0.347. The largest absolute Gasteiger partial charge is 0.395 e. The summed E-state index contributed by atoms with van der Waals surface area (Å²) >= 11 is 0. The summed E-state index contributed by atoms with van der Waals surface area (Å²) in [4.78, 5) is 15.2. The number of nitrogens with zero attached hydrogens (tertiary/aromatic N) is 2.